The molecule has 0 aliphatic rings. The summed E-state index contributed by atoms with van der Waals surface area (Å²) in [7, 11) is 1.94. The van der Waals surface area contributed by atoms with Crippen LogP contribution in [0.15, 0.2) is 73.1 Å². The number of unbranched alkanes of at least 4 members (excludes halogenated alkanes) is 1. The predicted octanol–water partition coefficient (Wildman–Crippen LogP) is 6.94. The molecule has 0 unspecified atom stereocenters. The van der Waals surface area contributed by atoms with Crippen molar-refractivity contribution in [3.8, 4) is 22.8 Å². The lowest BCUT2D eigenvalue weighted by Gasteiger charge is -2.15. The number of thiocarbonyl (C=S) groups is 1. The molecule has 1 amide bonds. The minimum atomic E-state index is -4.71. The van der Waals surface area contributed by atoms with Gasteiger partial charge in [0.2, 0.25) is 6.41 Å². The first-order chi connectivity index (χ1) is 21.0. The van der Waals surface area contributed by atoms with Crippen molar-refractivity contribution < 1.29 is 22.7 Å². The quantitative estimate of drug-likeness (QED) is 0.0944. The summed E-state index contributed by atoms with van der Waals surface area (Å²) in [4.78, 5) is 14.6. The summed E-state index contributed by atoms with van der Waals surface area (Å²) in [6.07, 6.45) is 0.589. The summed E-state index contributed by atoms with van der Waals surface area (Å²) in [6.45, 7) is 7.25. The van der Waals surface area contributed by atoms with Gasteiger partial charge in [0.25, 0.3) is 0 Å². The van der Waals surface area contributed by atoms with Gasteiger partial charge in [-0.05, 0) is 111 Å². The Morgan fingerprint density at radius 1 is 1.07 bits per heavy atom. The lowest BCUT2D eigenvalue weighted by Crippen LogP contribution is -2.27. The molecule has 8 nitrogen and oxygen atoms in total. The Morgan fingerprint density at radius 3 is 2.48 bits per heavy atom. The van der Waals surface area contributed by atoms with Crippen molar-refractivity contribution in [3.05, 3.63) is 89.7 Å². The van der Waals surface area contributed by atoms with Crippen LogP contribution in [-0.2, 0) is 11.2 Å². The van der Waals surface area contributed by atoms with Crippen molar-refractivity contribution >= 4 is 29.4 Å². The molecule has 1 heterocycles. The van der Waals surface area contributed by atoms with Gasteiger partial charge in [0.1, 0.15) is 12.1 Å². The average molecular weight is 627 g/mol. The number of nitrogens with one attached hydrogen (secondary N) is 3. The Hall–Kier alpha value is -4.29. The van der Waals surface area contributed by atoms with Crippen LogP contribution >= 0.6 is 12.2 Å². The topological polar surface area (TPSA) is 93.1 Å². The number of hydrogen-bond donors (Lipinski definition) is 3. The average Bonchev–Trinajstić information content (AvgIpc) is 3.46. The highest BCUT2D eigenvalue weighted by Crippen LogP contribution is 2.26. The summed E-state index contributed by atoms with van der Waals surface area (Å²) >= 11 is 4.97. The van der Waals surface area contributed by atoms with Crippen LogP contribution in [-0.4, -0.2) is 46.2 Å². The number of benzene rings is 3. The number of carbonyl (C=O) groups excluding carboxylic acids is 1. The molecule has 0 aliphatic carbocycles. The maximum Gasteiger partial charge on any atom is 0.573 e. The molecular weight excluding hydrogens is 589 g/mol. The van der Waals surface area contributed by atoms with E-state index in [9.17, 15) is 18.0 Å². The van der Waals surface area contributed by atoms with Gasteiger partial charge in [-0.1, -0.05) is 44.2 Å². The molecule has 3 aromatic carbocycles. The van der Waals surface area contributed by atoms with Crippen molar-refractivity contribution in [2.45, 2.75) is 52.3 Å². The lowest BCUT2D eigenvalue weighted by molar-refractivity contribution is -0.274. The minimum absolute atomic E-state index is 0.275. The second-order valence-electron chi connectivity index (χ2n) is 10.3. The number of alkyl halides is 3. The number of nitrogens with zero attached hydrogens (tertiary/aromatic N) is 3. The Labute approximate surface area is 261 Å². The second-order valence-corrected chi connectivity index (χ2v) is 10.7. The van der Waals surface area contributed by atoms with E-state index in [1.165, 1.54) is 46.4 Å². The van der Waals surface area contributed by atoms with E-state index in [2.05, 4.69) is 68.9 Å². The smallest absolute Gasteiger partial charge is 0.406 e. The summed E-state index contributed by atoms with van der Waals surface area (Å²) in [6, 6.07) is 19.7. The highest BCUT2D eigenvalue weighted by molar-refractivity contribution is 7.80. The van der Waals surface area contributed by atoms with Gasteiger partial charge in [-0.2, -0.15) is 0 Å². The third kappa shape index (κ3) is 11.1. The van der Waals surface area contributed by atoms with Crippen LogP contribution in [0.1, 0.15) is 49.3 Å². The molecule has 0 aliphatic heterocycles. The zero-order valence-corrected chi connectivity index (χ0v) is 25.9. The molecule has 0 radical (unpaired) electrons. The van der Waals surface area contributed by atoms with E-state index < -0.39 is 6.36 Å². The van der Waals surface area contributed by atoms with Gasteiger partial charge in [0.15, 0.2) is 10.9 Å². The van der Waals surface area contributed by atoms with Crippen molar-refractivity contribution in [1.29, 1.82) is 0 Å². The molecule has 0 atom stereocenters. The molecular formula is C32H37F3N6O2S. The van der Waals surface area contributed by atoms with E-state index in [0.717, 1.165) is 42.6 Å². The van der Waals surface area contributed by atoms with Crippen LogP contribution in [0.2, 0.25) is 0 Å². The normalized spacial score (nSPS) is 11.0. The standard InChI is InChI=1S/C20H21F3N4O.C12H16N2OS/c1-24-12-3-2-5-15-6-4-7-16(13-15)19-25-14-27(26-19)17-8-10-18(11-9-17)28-20(21,22)23;1-8(2)10-5-4-9(3)6-11(10)14-12(16)13-7-15/h4,6-11,13-14,24H,2-3,5,12H2,1H3;4-8H,1-3H3,(H2,13,14,15,16). The molecule has 0 fully saturated rings. The van der Waals surface area contributed by atoms with Crippen molar-refractivity contribution in [1.82, 2.24) is 25.4 Å². The number of hydrogen-bond acceptors (Lipinski definition) is 6. The van der Waals surface area contributed by atoms with Gasteiger partial charge in [-0.3, -0.25) is 4.79 Å². The monoisotopic (exact) mass is 626 g/mol. The first-order valence-corrected chi connectivity index (χ1v) is 14.5. The molecule has 1 aromatic heterocycles. The zero-order chi connectivity index (χ0) is 32.1. The van der Waals surface area contributed by atoms with Crippen molar-refractivity contribution in [2.24, 2.45) is 0 Å². The van der Waals surface area contributed by atoms with Gasteiger partial charge in [-0.25, -0.2) is 9.67 Å². The molecule has 4 aromatic rings. The fourth-order valence-electron chi connectivity index (χ4n) is 4.31. The van der Waals surface area contributed by atoms with Crippen LogP contribution in [0.25, 0.3) is 17.1 Å². The Kier molecular flexibility index (Phi) is 12.8. The van der Waals surface area contributed by atoms with Gasteiger partial charge < -0.3 is 20.7 Å². The maximum absolute atomic E-state index is 12.3. The van der Waals surface area contributed by atoms with Crippen LogP contribution < -0.4 is 20.7 Å². The zero-order valence-electron chi connectivity index (χ0n) is 25.1. The van der Waals surface area contributed by atoms with Crippen LogP contribution in [0, 0.1) is 6.92 Å². The highest BCUT2D eigenvalue weighted by atomic mass is 32.1. The van der Waals surface area contributed by atoms with E-state index in [1.807, 2.05) is 32.2 Å². The van der Waals surface area contributed by atoms with Crippen molar-refractivity contribution in [2.75, 3.05) is 18.9 Å². The predicted molar refractivity (Wildman–Crippen MR) is 171 cm³/mol. The molecule has 0 spiro atoms. The van der Waals surface area contributed by atoms with Crippen molar-refractivity contribution in [3.63, 3.8) is 0 Å². The van der Waals surface area contributed by atoms with Gasteiger partial charge in [0.05, 0.1) is 5.69 Å². The van der Waals surface area contributed by atoms with Crippen LogP contribution in [0.4, 0.5) is 18.9 Å². The molecule has 44 heavy (non-hydrogen) atoms. The summed E-state index contributed by atoms with van der Waals surface area (Å²) in [5.74, 6) is 0.692. The summed E-state index contributed by atoms with van der Waals surface area (Å²) < 4.78 is 42.2. The molecule has 0 bridgehead atoms. The number of ether oxygens (including phenoxy) is 1. The number of aromatic nitrogens is 3. The van der Waals surface area contributed by atoms with E-state index in [4.69, 9.17) is 12.2 Å². The van der Waals surface area contributed by atoms with E-state index >= 15 is 0 Å². The van der Waals surface area contributed by atoms with E-state index in [1.54, 1.807) is 0 Å². The van der Waals surface area contributed by atoms with Gasteiger partial charge >= 0.3 is 6.36 Å². The Balaban J connectivity index is 0.000000281. The first-order valence-electron chi connectivity index (χ1n) is 14.1. The fourth-order valence-corrected chi connectivity index (χ4v) is 4.47. The summed E-state index contributed by atoms with van der Waals surface area (Å²) in [5, 5.41) is 13.3. The number of aryl methyl sites for hydroxylation is 2. The van der Waals surface area contributed by atoms with E-state index in [0.29, 0.717) is 29.0 Å². The molecule has 3 N–H and O–H groups in total. The third-order valence-electron chi connectivity index (χ3n) is 6.42. The van der Waals surface area contributed by atoms with E-state index in [-0.39, 0.29) is 5.75 Å². The van der Waals surface area contributed by atoms with Gasteiger partial charge in [0, 0.05) is 11.3 Å². The molecule has 12 heteroatoms. The number of amides is 1. The minimum Gasteiger partial charge on any atom is -0.406 e. The van der Waals surface area contributed by atoms with Crippen LogP contribution in [0.5, 0.6) is 5.75 Å². The Bertz CT molecular complexity index is 1510. The second kappa shape index (κ2) is 16.5. The number of anilines is 1. The van der Waals surface area contributed by atoms with Gasteiger partial charge in [-0.15, -0.1) is 18.3 Å². The van der Waals surface area contributed by atoms with Crippen LogP contribution in [0.3, 0.4) is 0 Å². The molecule has 234 valence electrons. The molecule has 0 saturated carbocycles. The Morgan fingerprint density at radius 2 is 1.82 bits per heavy atom. The molecule has 0 saturated heterocycles. The molecule has 4 rings (SSSR count). The number of halogens is 3. The maximum atomic E-state index is 12.3. The lowest BCUT2D eigenvalue weighted by atomic mass is 9.99. The first kappa shape index (κ1) is 34.2. The SMILES string of the molecule is CNCCCCc1cccc(-c2ncn(-c3ccc(OC(F)(F)F)cc3)n2)c1.Cc1ccc(C(C)C)c(NC(=S)NC=O)c1. The summed E-state index contributed by atoms with van der Waals surface area (Å²) in [5.41, 5.74) is 6.01. The highest BCUT2D eigenvalue weighted by Gasteiger charge is 2.31. The largest absolute Gasteiger partial charge is 0.573 e. The number of rotatable bonds is 11. The fraction of sp³-hybridized carbons (Fsp3) is 0.312. The number of carbonyl (C=O) groups is 1. The third-order valence-corrected chi connectivity index (χ3v) is 6.64.